The van der Waals surface area contributed by atoms with Gasteiger partial charge in [0.2, 0.25) is 0 Å². The van der Waals surface area contributed by atoms with Crippen molar-refractivity contribution in [3.05, 3.63) is 94.9 Å². The van der Waals surface area contributed by atoms with Crippen LogP contribution in [-0.4, -0.2) is 22.2 Å². The van der Waals surface area contributed by atoms with Crippen LogP contribution in [0.1, 0.15) is 22.8 Å². The van der Waals surface area contributed by atoms with E-state index in [1.165, 1.54) is 23.9 Å². The number of allylic oxidation sites excluding steroid dienone is 1. The van der Waals surface area contributed by atoms with E-state index in [0.29, 0.717) is 27.1 Å². The predicted octanol–water partition coefficient (Wildman–Crippen LogP) is 5.17. The second-order valence-corrected chi connectivity index (χ2v) is 7.88. The van der Waals surface area contributed by atoms with E-state index in [9.17, 15) is 14.7 Å². The molecule has 0 aromatic heterocycles. The van der Waals surface area contributed by atoms with Crippen molar-refractivity contribution in [1.82, 2.24) is 0 Å². The molecular formula is C24H19N3O3S. The Labute approximate surface area is 183 Å². The Morgan fingerprint density at radius 1 is 0.968 bits per heavy atom. The van der Waals surface area contributed by atoms with Crippen molar-refractivity contribution >= 4 is 51.4 Å². The molecule has 3 aromatic carbocycles. The number of carbonyl (C=O) groups excluding carboxylic acids is 1. The summed E-state index contributed by atoms with van der Waals surface area (Å²) in [5, 5.41) is 9.73. The number of nitrogen functional groups attached to an aromatic ring is 1. The molecule has 3 aromatic rings. The fourth-order valence-corrected chi connectivity index (χ4v) is 4.23. The molecule has 1 aliphatic rings. The van der Waals surface area contributed by atoms with Gasteiger partial charge in [0, 0.05) is 5.69 Å². The molecule has 0 spiro atoms. The molecule has 7 heteroatoms. The van der Waals surface area contributed by atoms with Crippen molar-refractivity contribution < 1.29 is 14.7 Å². The number of hydrogen-bond donors (Lipinski definition) is 2. The molecule has 1 fully saturated rings. The first-order valence-electron chi connectivity index (χ1n) is 9.50. The number of hydrogen-bond acceptors (Lipinski definition) is 5. The van der Waals surface area contributed by atoms with Gasteiger partial charge >= 0.3 is 5.97 Å². The third-order valence-electron chi connectivity index (χ3n) is 4.80. The summed E-state index contributed by atoms with van der Waals surface area (Å²) < 4.78 is 0. The van der Waals surface area contributed by atoms with Crippen LogP contribution in [0.2, 0.25) is 0 Å². The number of amides is 1. The highest BCUT2D eigenvalue weighted by Gasteiger charge is 2.36. The van der Waals surface area contributed by atoms with Crippen molar-refractivity contribution in [2.45, 2.75) is 6.92 Å². The van der Waals surface area contributed by atoms with Gasteiger partial charge < -0.3 is 10.8 Å². The Kier molecular flexibility index (Phi) is 5.60. The van der Waals surface area contributed by atoms with Gasteiger partial charge in [-0.1, -0.05) is 36.4 Å². The fraction of sp³-hybridized carbons (Fsp3) is 0.0417. The molecule has 0 saturated carbocycles. The largest absolute Gasteiger partial charge is 0.478 e. The first-order chi connectivity index (χ1) is 14.9. The smallest absolute Gasteiger partial charge is 0.335 e. The van der Waals surface area contributed by atoms with Crippen LogP contribution < -0.4 is 10.6 Å². The molecule has 0 unspecified atom stereocenters. The van der Waals surface area contributed by atoms with Gasteiger partial charge in [0.1, 0.15) is 0 Å². The van der Waals surface area contributed by atoms with E-state index in [4.69, 9.17) is 5.73 Å². The number of para-hydroxylation sites is 1. The maximum Gasteiger partial charge on any atom is 0.335 e. The molecule has 3 N–H and O–H groups in total. The lowest BCUT2D eigenvalue weighted by Crippen LogP contribution is -2.28. The van der Waals surface area contributed by atoms with Gasteiger partial charge in [0.05, 0.1) is 21.8 Å². The summed E-state index contributed by atoms with van der Waals surface area (Å²) in [5.74, 6) is -1.21. The molecule has 0 aliphatic carbocycles. The van der Waals surface area contributed by atoms with Gasteiger partial charge in [-0.15, -0.1) is 0 Å². The number of carboxylic acid groups (broad SMARTS) is 1. The Bertz CT molecular complexity index is 1220. The first kappa shape index (κ1) is 20.4. The zero-order chi connectivity index (χ0) is 22.0. The van der Waals surface area contributed by atoms with Gasteiger partial charge in [-0.05, 0) is 72.3 Å². The third kappa shape index (κ3) is 4.22. The second-order valence-electron chi connectivity index (χ2n) is 6.90. The quantitative estimate of drug-likeness (QED) is 0.441. The van der Waals surface area contributed by atoms with Crippen molar-refractivity contribution in [2.24, 2.45) is 4.99 Å². The van der Waals surface area contributed by atoms with Crippen LogP contribution in [0.3, 0.4) is 0 Å². The number of nitrogens with zero attached hydrogens (tertiary/aromatic N) is 2. The summed E-state index contributed by atoms with van der Waals surface area (Å²) >= 11 is 1.27. The Morgan fingerprint density at radius 3 is 2.35 bits per heavy atom. The van der Waals surface area contributed by atoms with Gasteiger partial charge in [0.15, 0.2) is 5.17 Å². The number of amidine groups is 1. The fourth-order valence-electron chi connectivity index (χ4n) is 3.17. The zero-order valence-corrected chi connectivity index (χ0v) is 17.5. The number of nitrogens with two attached hydrogens (primary N) is 1. The SMILES string of the molecule is C/C(=C1/SC(=Nc2cccc(C(=O)O)c2)N(c2ccccc2)C1=O)c1ccc(N)cc1. The third-order valence-corrected chi connectivity index (χ3v) is 5.94. The molecular weight excluding hydrogens is 410 g/mol. The standard InChI is InChI=1S/C24H19N3O3S/c1-15(16-10-12-18(25)13-11-16)21-22(28)27(20-8-3-2-4-9-20)24(31-21)26-19-7-5-6-17(14-19)23(29)30/h2-14H,25H2,1H3,(H,29,30)/b21-15-,26-24?. The van der Waals surface area contributed by atoms with E-state index in [-0.39, 0.29) is 11.5 Å². The minimum atomic E-state index is -1.03. The Balaban J connectivity index is 1.82. The summed E-state index contributed by atoms with van der Waals surface area (Å²) in [6, 6.07) is 22.9. The summed E-state index contributed by atoms with van der Waals surface area (Å²) in [4.78, 5) is 31.5. The molecule has 0 radical (unpaired) electrons. The molecule has 1 aliphatic heterocycles. The number of thioether (sulfide) groups is 1. The topological polar surface area (TPSA) is 96.0 Å². The maximum absolute atomic E-state index is 13.4. The normalized spacial score (nSPS) is 16.6. The van der Waals surface area contributed by atoms with Crippen molar-refractivity contribution in [3.63, 3.8) is 0 Å². The van der Waals surface area contributed by atoms with Crippen LogP contribution in [0.25, 0.3) is 5.57 Å². The van der Waals surface area contributed by atoms with Crippen LogP contribution in [0.15, 0.2) is 88.8 Å². The van der Waals surface area contributed by atoms with Crippen LogP contribution in [0, 0.1) is 0 Å². The number of anilines is 2. The van der Waals surface area contributed by atoms with E-state index in [0.717, 1.165) is 11.1 Å². The number of aromatic carboxylic acids is 1. The number of carbonyl (C=O) groups is 2. The van der Waals surface area contributed by atoms with Crippen LogP contribution in [0.5, 0.6) is 0 Å². The molecule has 0 atom stereocenters. The average molecular weight is 430 g/mol. The van der Waals surface area contributed by atoms with Crippen molar-refractivity contribution in [1.29, 1.82) is 0 Å². The summed E-state index contributed by atoms with van der Waals surface area (Å²) in [5.41, 5.74) is 9.44. The zero-order valence-electron chi connectivity index (χ0n) is 16.6. The van der Waals surface area contributed by atoms with Crippen LogP contribution in [-0.2, 0) is 4.79 Å². The minimum absolute atomic E-state index is 0.135. The molecule has 0 bridgehead atoms. The van der Waals surface area contributed by atoms with Gasteiger partial charge in [-0.2, -0.15) is 0 Å². The van der Waals surface area contributed by atoms with Crippen molar-refractivity contribution in [3.8, 4) is 0 Å². The van der Waals surface area contributed by atoms with E-state index < -0.39 is 5.97 Å². The highest BCUT2D eigenvalue weighted by atomic mass is 32.2. The van der Waals surface area contributed by atoms with Crippen LogP contribution in [0.4, 0.5) is 17.1 Å². The van der Waals surface area contributed by atoms with Crippen molar-refractivity contribution in [2.75, 3.05) is 10.6 Å². The lowest BCUT2D eigenvalue weighted by atomic mass is 10.1. The summed E-state index contributed by atoms with van der Waals surface area (Å²) in [6.45, 7) is 1.89. The lowest BCUT2D eigenvalue weighted by Gasteiger charge is -2.15. The number of rotatable bonds is 4. The van der Waals surface area contributed by atoms with Gasteiger partial charge in [-0.25, -0.2) is 9.79 Å². The summed E-state index contributed by atoms with van der Waals surface area (Å²) in [7, 11) is 0. The number of carboxylic acids is 1. The average Bonchev–Trinajstić information content (AvgIpc) is 3.10. The first-order valence-corrected chi connectivity index (χ1v) is 10.3. The molecule has 1 saturated heterocycles. The Morgan fingerprint density at radius 2 is 1.68 bits per heavy atom. The molecule has 1 heterocycles. The monoisotopic (exact) mass is 429 g/mol. The molecule has 1 amide bonds. The maximum atomic E-state index is 13.4. The van der Waals surface area contributed by atoms with Gasteiger partial charge in [0.25, 0.3) is 5.91 Å². The van der Waals surface area contributed by atoms with E-state index in [2.05, 4.69) is 4.99 Å². The molecule has 31 heavy (non-hydrogen) atoms. The highest BCUT2D eigenvalue weighted by Crippen LogP contribution is 2.40. The van der Waals surface area contributed by atoms with Gasteiger partial charge in [-0.3, -0.25) is 9.69 Å². The van der Waals surface area contributed by atoms with E-state index >= 15 is 0 Å². The molecule has 4 rings (SSSR count). The van der Waals surface area contributed by atoms with Crippen LogP contribution >= 0.6 is 11.8 Å². The van der Waals surface area contributed by atoms with E-state index in [1.807, 2.05) is 49.4 Å². The molecule has 6 nitrogen and oxygen atoms in total. The number of aliphatic imine (C=N–C) groups is 1. The predicted molar refractivity (Wildman–Crippen MR) is 125 cm³/mol. The second kappa shape index (κ2) is 8.49. The highest BCUT2D eigenvalue weighted by molar-refractivity contribution is 8.19. The molecule has 154 valence electrons. The van der Waals surface area contributed by atoms with E-state index in [1.54, 1.807) is 29.2 Å². The number of benzene rings is 3. The minimum Gasteiger partial charge on any atom is -0.478 e. The Hall–Kier alpha value is -3.84. The summed E-state index contributed by atoms with van der Waals surface area (Å²) in [6.07, 6.45) is 0. The lowest BCUT2D eigenvalue weighted by molar-refractivity contribution is -0.113.